The Labute approximate surface area is 95.7 Å². The number of rotatable bonds is 1. The van der Waals surface area contributed by atoms with E-state index in [-0.39, 0.29) is 0 Å². The second kappa shape index (κ2) is 4.09. The lowest BCUT2D eigenvalue weighted by Gasteiger charge is -2.06. The molecular formula is C15H15O+. The molecule has 0 spiro atoms. The summed E-state index contributed by atoms with van der Waals surface area (Å²) in [6.45, 7) is 0. The molecule has 3 rings (SSSR count). The summed E-state index contributed by atoms with van der Waals surface area (Å²) in [7, 11) is 0. The Bertz CT molecular complexity index is 488. The van der Waals surface area contributed by atoms with Gasteiger partial charge < -0.3 is 0 Å². The fraction of sp³-hybridized carbons (Fsp3) is 0.267. The highest BCUT2D eigenvalue weighted by molar-refractivity contribution is 5.57. The molecule has 0 aliphatic heterocycles. The minimum absolute atomic E-state index is 0.987. The molecule has 0 amide bonds. The largest absolute Gasteiger partial charge is 0.360 e. The van der Waals surface area contributed by atoms with Crippen LogP contribution in [0.2, 0.25) is 0 Å². The predicted molar refractivity (Wildman–Crippen MR) is 65.2 cm³/mol. The van der Waals surface area contributed by atoms with E-state index in [0.29, 0.717) is 0 Å². The van der Waals surface area contributed by atoms with E-state index in [9.17, 15) is 0 Å². The zero-order valence-electron chi connectivity index (χ0n) is 9.28. The first-order valence-corrected chi connectivity index (χ1v) is 5.94. The van der Waals surface area contributed by atoms with Crippen molar-refractivity contribution in [2.75, 3.05) is 0 Å². The Morgan fingerprint density at radius 3 is 2.50 bits per heavy atom. The molecule has 16 heavy (non-hydrogen) atoms. The molecule has 0 saturated carbocycles. The van der Waals surface area contributed by atoms with Crippen molar-refractivity contribution < 1.29 is 4.42 Å². The summed E-state index contributed by atoms with van der Waals surface area (Å²) in [4.78, 5) is 0. The smallest absolute Gasteiger partial charge is 0.212 e. The van der Waals surface area contributed by atoms with Crippen LogP contribution in [-0.2, 0) is 12.8 Å². The SMILES string of the molecule is c1ccc(-c2ccc3c([o+]2)CCCC3)cc1. The highest BCUT2D eigenvalue weighted by atomic mass is 16.3. The maximum Gasteiger partial charge on any atom is 0.360 e. The third-order valence-corrected chi connectivity index (χ3v) is 3.19. The molecule has 0 bridgehead atoms. The number of hydrogen-bond acceptors (Lipinski definition) is 0. The van der Waals surface area contributed by atoms with Crippen LogP contribution < -0.4 is 0 Å². The van der Waals surface area contributed by atoms with Gasteiger partial charge in [-0.2, -0.15) is 0 Å². The molecule has 0 saturated heterocycles. The van der Waals surface area contributed by atoms with Gasteiger partial charge in [-0.1, -0.05) is 18.2 Å². The van der Waals surface area contributed by atoms with Crippen LogP contribution in [0.3, 0.4) is 0 Å². The van der Waals surface area contributed by atoms with Gasteiger partial charge in [0.15, 0.2) is 0 Å². The first-order chi connectivity index (χ1) is 7.93. The van der Waals surface area contributed by atoms with E-state index in [1.807, 2.05) is 18.2 Å². The molecule has 0 unspecified atom stereocenters. The lowest BCUT2D eigenvalue weighted by atomic mass is 9.97. The summed E-state index contributed by atoms with van der Waals surface area (Å²) in [6, 6.07) is 14.6. The molecule has 1 aromatic heterocycles. The summed E-state index contributed by atoms with van der Waals surface area (Å²) in [5.74, 6) is 2.17. The standard InChI is InChI=1S/C15H15O/c1-2-6-12(7-3-1)15-11-10-13-8-4-5-9-14(13)16-15/h1-3,6-7,10-11H,4-5,8-9H2/q+1. The molecule has 1 aromatic carbocycles. The summed E-state index contributed by atoms with van der Waals surface area (Å²) >= 11 is 0. The van der Waals surface area contributed by atoms with Crippen LogP contribution in [0.25, 0.3) is 11.3 Å². The fourth-order valence-corrected chi connectivity index (χ4v) is 2.29. The van der Waals surface area contributed by atoms with Gasteiger partial charge in [0.1, 0.15) is 0 Å². The highest BCUT2D eigenvalue weighted by Gasteiger charge is 2.22. The minimum Gasteiger partial charge on any atom is -0.212 e. The van der Waals surface area contributed by atoms with Gasteiger partial charge in [0.2, 0.25) is 0 Å². The first-order valence-electron chi connectivity index (χ1n) is 5.94. The molecule has 0 fully saturated rings. The van der Waals surface area contributed by atoms with E-state index < -0.39 is 0 Å². The van der Waals surface area contributed by atoms with Gasteiger partial charge in [-0.15, -0.1) is 0 Å². The zero-order chi connectivity index (χ0) is 10.8. The molecule has 80 valence electrons. The lowest BCUT2D eigenvalue weighted by molar-refractivity contribution is 0.465. The van der Waals surface area contributed by atoms with Crippen LogP contribution in [0.5, 0.6) is 0 Å². The van der Waals surface area contributed by atoms with Crippen molar-refractivity contribution in [1.82, 2.24) is 0 Å². The molecule has 2 aromatic rings. The van der Waals surface area contributed by atoms with Crippen LogP contribution in [0.15, 0.2) is 46.9 Å². The summed E-state index contributed by atoms with van der Waals surface area (Å²) in [5.41, 5.74) is 2.56. The number of benzene rings is 1. The molecule has 1 aliphatic carbocycles. The normalized spacial score (nSPS) is 14.5. The van der Waals surface area contributed by atoms with Crippen molar-refractivity contribution in [1.29, 1.82) is 0 Å². The Hall–Kier alpha value is -1.63. The molecule has 1 heteroatoms. The van der Waals surface area contributed by atoms with Crippen molar-refractivity contribution in [2.45, 2.75) is 25.7 Å². The summed E-state index contributed by atoms with van der Waals surface area (Å²) < 4.78 is 5.99. The quantitative estimate of drug-likeness (QED) is 0.646. The van der Waals surface area contributed by atoms with Gasteiger partial charge in [0.25, 0.3) is 0 Å². The Balaban J connectivity index is 2.03. The maximum absolute atomic E-state index is 5.99. The van der Waals surface area contributed by atoms with Crippen LogP contribution >= 0.6 is 0 Å². The van der Waals surface area contributed by atoms with Crippen molar-refractivity contribution in [3.05, 3.63) is 53.8 Å². The number of aryl methyl sites for hydroxylation is 2. The van der Waals surface area contributed by atoms with Gasteiger partial charge in [-0.3, -0.25) is 0 Å². The Kier molecular flexibility index (Phi) is 2.45. The van der Waals surface area contributed by atoms with E-state index >= 15 is 0 Å². The molecule has 0 radical (unpaired) electrons. The van der Waals surface area contributed by atoms with Gasteiger partial charge >= 0.3 is 11.5 Å². The third-order valence-electron chi connectivity index (χ3n) is 3.19. The molecule has 0 N–H and O–H groups in total. The van der Waals surface area contributed by atoms with E-state index in [1.54, 1.807) is 0 Å². The van der Waals surface area contributed by atoms with Crippen molar-refractivity contribution in [3.8, 4) is 11.3 Å². The van der Waals surface area contributed by atoms with Crippen molar-refractivity contribution >= 4 is 0 Å². The monoisotopic (exact) mass is 211 g/mol. The van der Waals surface area contributed by atoms with E-state index in [2.05, 4.69) is 24.3 Å². The minimum atomic E-state index is 0.987. The van der Waals surface area contributed by atoms with Gasteiger partial charge in [-0.25, -0.2) is 4.42 Å². The van der Waals surface area contributed by atoms with Gasteiger partial charge in [0, 0.05) is 6.07 Å². The van der Waals surface area contributed by atoms with Crippen molar-refractivity contribution in [2.24, 2.45) is 0 Å². The fourth-order valence-electron chi connectivity index (χ4n) is 2.29. The average Bonchev–Trinajstić information content (AvgIpc) is 2.39. The first kappa shape index (κ1) is 9.59. The maximum atomic E-state index is 5.99. The average molecular weight is 211 g/mol. The lowest BCUT2D eigenvalue weighted by Crippen LogP contribution is -2.02. The summed E-state index contributed by atoms with van der Waals surface area (Å²) in [6.07, 6.45) is 4.83. The van der Waals surface area contributed by atoms with Gasteiger partial charge in [0.05, 0.1) is 17.5 Å². The van der Waals surface area contributed by atoms with Crippen molar-refractivity contribution in [3.63, 3.8) is 0 Å². The second-order valence-corrected chi connectivity index (χ2v) is 4.32. The number of hydrogen-bond donors (Lipinski definition) is 0. The number of fused-ring (bicyclic) bond motifs is 1. The summed E-state index contributed by atoms with van der Waals surface area (Å²) in [5, 5.41) is 0. The van der Waals surface area contributed by atoms with Crippen LogP contribution in [0.1, 0.15) is 24.2 Å². The molecule has 1 heterocycles. The molecule has 1 nitrogen and oxygen atoms in total. The zero-order valence-corrected chi connectivity index (χ0v) is 9.28. The topological polar surface area (TPSA) is 11.3 Å². The third kappa shape index (κ3) is 1.73. The van der Waals surface area contributed by atoms with Crippen LogP contribution in [-0.4, -0.2) is 0 Å². The van der Waals surface area contributed by atoms with Crippen LogP contribution in [0.4, 0.5) is 0 Å². The molecular weight excluding hydrogens is 196 g/mol. The predicted octanol–water partition coefficient (Wildman–Crippen LogP) is 4.11. The van der Waals surface area contributed by atoms with Gasteiger partial charge in [-0.05, 0) is 37.5 Å². The van der Waals surface area contributed by atoms with E-state index in [1.165, 1.54) is 30.6 Å². The Morgan fingerprint density at radius 2 is 1.62 bits per heavy atom. The van der Waals surface area contributed by atoms with E-state index in [0.717, 1.165) is 17.7 Å². The van der Waals surface area contributed by atoms with Crippen LogP contribution in [0, 0.1) is 0 Å². The molecule has 0 atom stereocenters. The van der Waals surface area contributed by atoms with E-state index in [4.69, 9.17) is 4.42 Å². The molecule has 1 aliphatic rings. The Morgan fingerprint density at radius 1 is 0.812 bits per heavy atom. The second-order valence-electron chi connectivity index (χ2n) is 4.32. The highest BCUT2D eigenvalue weighted by Crippen LogP contribution is 2.27.